The monoisotopic (exact) mass is 284 g/mol. The SMILES string of the molecule is CCC(CC)(CNC(=O)N1CCC(C)C(C)C1)C(=O)O. The largest absolute Gasteiger partial charge is 0.481 e. The number of piperidine rings is 1. The number of hydrogen-bond donors (Lipinski definition) is 2. The molecule has 1 fully saturated rings. The molecule has 20 heavy (non-hydrogen) atoms. The van der Waals surface area contributed by atoms with Crippen molar-refractivity contribution in [2.45, 2.75) is 47.0 Å². The molecule has 0 saturated carbocycles. The normalized spacial score (nSPS) is 23.5. The predicted octanol–water partition coefficient (Wildman–Crippen LogP) is 2.56. The van der Waals surface area contributed by atoms with Gasteiger partial charge in [-0.15, -0.1) is 0 Å². The van der Waals surface area contributed by atoms with Crippen LogP contribution < -0.4 is 5.32 Å². The molecule has 0 aromatic carbocycles. The Bertz CT molecular complexity index is 353. The lowest BCUT2D eigenvalue weighted by atomic mass is 9.82. The standard InChI is InChI=1S/C15H28N2O3/c1-5-15(6-2,13(18)19)10-16-14(20)17-8-7-11(3)12(4)9-17/h11-12H,5-10H2,1-4H3,(H,16,20)(H,18,19). The van der Waals surface area contributed by atoms with Crippen molar-refractivity contribution in [2.75, 3.05) is 19.6 Å². The van der Waals surface area contributed by atoms with Crippen molar-refractivity contribution in [2.24, 2.45) is 17.3 Å². The number of nitrogens with one attached hydrogen (secondary N) is 1. The Labute approximate surface area is 121 Å². The summed E-state index contributed by atoms with van der Waals surface area (Å²) in [4.78, 5) is 25.4. The van der Waals surface area contributed by atoms with Crippen molar-refractivity contribution in [3.8, 4) is 0 Å². The molecule has 1 saturated heterocycles. The summed E-state index contributed by atoms with van der Waals surface area (Å²) in [6.07, 6.45) is 2.05. The van der Waals surface area contributed by atoms with E-state index in [1.165, 1.54) is 0 Å². The van der Waals surface area contributed by atoms with Crippen molar-refractivity contribution in [1.82, 2.24) is 10.2 Å². The quantitative estimate of drug-likeness (QED) is 0.815. The molecule has 1 aliphatic rings. The van der Waals surface area contributed by atoms with Crippen LogP contribution in [0.5, 0.6) is 0 Å². The molecule has 116 valence electrons. The first kappa shape index (κ1) is 16.8. The zero-order chi connectivity index (χ0) is 15.3. The Morgan fingerprint density at radius 2 is 1.85 bits per heavy atom. The van der Waals surface area contributed by atoms with Crippen LogP contribution in [0.2, 0.25) is 0 Å². The van der Waals surface area contributed by atoms with Crippen LogP contribution in [0.3, 0.4) is 0 Å². The van der Waals surface area contributed by atoms with E-state index in [-0.39, 0.29) is 12.6 Å². The lowest BCUT2D eigenvalue weighted by Gasteiger charge is -2.36. The number of amides is 2. The predicted molar refractivity (Wildman–Crippen MR) is 78.6 cm³/mol. The highest BCUT2D eigenvalue weighted by atomic mass is 16.4. The molecule has 0 spiro atoms. The highest BCUT2D eigenvalue weighted by molar-refractivity contribution is 5.78. The van der Waals surface area contributed by atoms with Crippen LogP contribution in [0.4, 0.5) is 4.79 Å². The fourth-order valence-electron chi connectivity index (χ4n) is 2.68. The third kappa shape index (κ3) is 3.64. The third-order valence-corrected chi connectivity index (χ3v) is 5.01. The van der Waals surface area contributed by atoms with E-state index in [0.717, 1.165) is 19.5 Å². The number of carboxylic acid groups (broad SMARTS) is 1. The molecule has 2 N–H and O–H groups in total. The molecular weight excluding hydrogens is 256 g/mol. The molecular formula is C15H28N2O3. The molecule has 0 radical (unpaired) electrons. The number of hydrogen-bond acceptors (Lipinski definition) is 2. The number of likely N-dealkylation sites (tertiary alicyclic amines) is 1. The molecule has 0 bridgehead atoms. The number of rotatable bonds is 5. The molecule has 0 aliphatic carbocycles. The van der Waals surface area contributed by atoms with Gasteiger partial charge in [-0.3, -0.25) is 4.79 Å². The fraction of sp³-hybridized carbons (Fsp3) is 0.867. The second-order valence-electron chi connectivity index (χ2n) is 6.14. The van der Waals surface area contributed by atoms with Crippen LogP contribution >= 0.6 is 0 Å². The molecule has 1 rings (SSSR count). The summed E-state index contributed by atoms with van der Waals surface area (Å²) in [5, 5.41) is 12.2. The maximum atomic E-state index is 12.2. The fourth-order valence-corrected chi connectivity index (χ4v) is 2.68. The minimum absolute atomic E-state index is 0.128. The number of carbonyl (C=O) groups excluding carboxylic acids is 1. The number of urea groups is 1. The van der Waals surface area contributed by atoms with Gasteiger partial charge in [0.15, 0.2) is 0 Å². The van der Waals surface area contributed by atoms with E-state index in [1.54, 1.807) is 0 Å². The molecule has 0 aromatic rings. The van der Waals surface area contributed by atoms with E-state index < -0.39 is 11.4 Å². The highest BCUT2D eigenvalue weighted by Crippen LogP contribution is 2.26. The lowest BCUT2D eigenvalue weighted by Crippen LogP contribution is -2.50. The van der Waals surface area contributed by atoms with Gasteiger partial charge in [-0.05, 0) is 31.1 Å². The van der Waals surface area contributed by atoms with Crippen LogP contribution in [0.25, 0.3) is 0 Å². The molecule has 0 aromatic heterocycles. The maximum absolute atomic E-state index is 12.2. The van der Waals surface area contributed by atoms with Gasteiger partial charge in [0.1, 0.15) is 0 Å². The Balaban J connectivity index is 2.56. The molecule has 2 unspecified atom stereocenters. The number of carboxylic acids is 1. The second-order valence-corrected chi connectivity index (χ2v) is 6.14. The molecule has 2 atom stereocenters. The van der Waals surface area contributed by atoms with Gasteiger partial charge in [-0.25, -0.2) is 4.79 Å². The van der Waals surface area contributed by atoms with Crippen molar-refractivity contribution >= 4 is 12.0 Å². The first-order chi connectivity index (χ1) is 9.36. The average Bonchev–Trinajstić information content (AvgIpc) is 2.43. The highest BCUT2D eigenvalue weighted by Gasteiger charge is 2.36. The number of carbonyl (C=O) groups is 2. The summed E-state index contributed by atoms with van der Waals surface area (Å²) in [7, 11) is 0. The van der Waals surface area contributed by atoms with Crippen molar-refractivity contribution < 1.29 is 14.7 Å². The smallest absolute Gasteiger partial charge is 0.317 e. The van der Waals surface area contributed by atoms with Gasteiger partial charge in [0.25, 0.3) is 0 Å². The molecule has 2 amide bonds. The van der Waals surface area contributed by atoms with E-state index >= 15 is 0 Å². The summed E-state index contributed by atoms with van der Waals surface area (Å²) in [6.45, 7) is 9.80. The maximum Gasteiger partial charge on any atom is 0.317 e. The minimum atomic E-state index is -0.843. The van der Waals surface area contributed by atoms with E-state index in [0.29, 0.717) is 24.7 Å². The average molecular weight is 284 g/mol. The third-order valence-electron chi connectivity index (χ3n) is 5.01. The molecule has 5 nitrogen and oxygen atoms in total. The lowest BCUT2D eigenvalue weighted by molar-refractivity contribution is -0.149. The summed E-state index contributed by atoms with van der Waals surface area (Å²) >= 11 is 0. The van der Waals surface area contributed by atoms with Crippen LogP contribution in [-0.2, 0) is 4.79 Å². The van der Waals surface area contributed by atoms with E-state index in [2.05, 4.69) is 19.2 Å². The van der Waals surface area contributed by atoms with Gasteiger partial charge in [0.05, 0.1) is 5.41 Å². The zero-order valence-electron chi connectivity index (χ0n) is 13.1. The van der Waals surface area contributed by atoms with E-state index in [1.807, 2.05) is 18.7 Å². The Morgan fingerprint density at radius 3 is 2.30 bits per heavy atom. The topological polar surface area (TPSA) is 69.6 Å². The van der Waals surface area contributed by atoms with Crippen LogP contribution in [0, 0.1) is 17.3 Å². The van der Waals surface area contributed by atoms with Gasteiger partial charge in [0.2, 0.25) is 0 Å². The van der Waals surface area contributed by atoms with E-state index in [4.69, 9.17) is 0 Å². The first-order valence-electron chi connectivity index (χ1n) is 7.62. The van der Waals surface area contributed by atoms with Crippen LogP contribution in [-0.4, -0.2) is 41.6 Å². The zero-order valence-corrected chi connectivity index (χ0v) is 13.1. The molecule has 1 heterocycles. The Hall–Kier alpha value is -1.26. The Kier molecular flexibility index (Phi) is 5.84. The molecule has 1 aliphatic heterocycles. The summed E-state index contributed by atoms with van der Waals surface area (Å²) < 4.78 is 0. The van der Waals surface area contributed by atoms with E-state index in [9.17, 15) is 14.7 Å². The Morgan fingerprint density at radius 1 is 1.25 bits per heavy atom. The van der Waals surface area contributed by atoms with Gasteiger partial charge >= 0.3 is 12.0 Å². The summed E-state index contributed by atoms with van der Waals surface area (Å²) in [5.41, 5.74) is -0.843. The van der Waals surface area contributed by atoms with Gasteiger partial charge in [-0.2, -0.15) is 0 Å². The van der Waals surface area contributed by atoms with Gasteiger partial charge in [-0.1, -0.05) is 27.7 Å². The van der Waals surface area contributed by atoms with Gasteiger partial charge in [0, 0.05) is 19.6 Å². The van der Waals surface area contributed by atoms with Crippen LogP contribution in [0.1, 0.15) is 47.0 Å². The summed E-state index contributed by atoms with van der Waals surface area (Å²) in [6, 6.07) is -0.128. The van der Waals surface area contributed by atoms with Crippen molar-refractivity contribution in [3.05, 3.63) is 0 Å². The number of nitrogens with zero attached hydrogens (tertiary/aromatic N) is 1. The minimum Gasteiger partial charge on any atom is -0.481 e. The first-order valence-corrected chi connectivity index (χ1v) is 7.62. The van der Waals surface area contributed by atoms with Crippen LogP contribution in [0.15, 0.2) is 0 Å². The van der Waals surface area contributed by atoms with Crippen molar-refractivity contribution in [1.29, 1.82) is 0 Å². The number of aliphatic carboxylic acids is 1. The van der Waals surface area contributed by atoms with Crippen molar-refractivity contribution in [3.63, 3.8) is 0 Å². The summed E-state index contributed by atoms with van der Waals surface area (Å²) in [5.74, 6) is 0.308. The molecule has 5 heteroatoms. The second kappa shape index (κ2) is 6.95. The van der Waals surface area contributed by atoms with Gasteiger partial charge < -0.3 is 15.3 Å².